The van der Waals surface area contributed by atoms with Gasteiger partial charge in [-0.1, -0.05) is 105 Å². The van der Waals surface area contributed by atoms with Crippen molar-refractivity contribution >= 4 is 48.9 Å². The van der Waals surface area contributed by atoms with Gasteiger partial charge in [0, 0.05) is 8.95 Å². The van der Waals surface area contributed by atoms with Gasteiger partial charge in [-0.15, -0.1) is 0 Å². The van der Waals surface area contributed by atoms with Crippen LogP contribution in [0.15, 0.2) is 106 Å². The normalized spacial score (nSPS) is 10.6. The smallest absolute Gasteiger partial charge is 0.0523 e. The van der Waals surface area contributed by atoms with Gasteiger partial charge in [0.25, 0.3) is 0 Å². The molecule has 0 saturated heterocycles. The lowest BCUT2D eigenvalue weighted by molar-refractivity contribution is 1.54. The second kappa shape index (κ2) is 8.52. The molecule has 0 aliphatic heterocycles. The second-order valence-electron chi connectivity index (χ2n) is 6.52. The van der Waals surface area contributed by atoms with E-state index in [1.165, 1.54) is 11.1 Å². The van der Waals surface area contributed by atoms with Crippen molar-refractivity contribution < 1.29 is 0 Å². The first-order valence-corrected chi connectivity index (χ1v) is 10.9. The molecule has 0 fully saturated rings. The van der Waals surface area contributed by atoms with Crippen LogP contribution in [0.4, 0.5) is 0 Å². The third-order valence-corrected chi connectivity index (χ3v) is 5.92. The molecule has 0 heterocycles. The Morgan fingerprint density at radius 2 is 0.893 bits per heavy atom. The highest BCUT2D eigenvalue weighted by Crippen LogP contribution is 2.30. The van der Waals surface area contributed by atoms with E-state index in [9.17, 15) is 0 Å². The first-order valence-electron chi connectivity index (χ1n) is 8.87. The van der Waals surface area contributed by atoms with Crippen molar-refractivity contribution in [1.29, 1.82) is 0 Å². The second-order valence-corrected chi connectivity index (χ2v) is 8.76. The summed E-state index contributed by atoms with van der Waals surface area (Å²) in [4.78, 5) is 0.831. The van der Waals surface area contributed by atoms with Gasteiger partial charge >= 0.3 is 0 Å². The predicted molar refractivity (Wildman–Crippen MR) is 130 cm³/mol. The Morgan fingerprint density at radius 1 is 0.500 bits per heavy atom. The number of rotatable bonds is 4. The molecule has 0 spiro atoms. The van der Waals surface area contributed by atoms with Crippen LogP contribution in [0.3, 0.4) is 0 Å². The summed E-state index contributed by atoms with van der Waals surface area (Å²) in [5, 5.41) is 0. The summed E-state index contributed by atoms with van der Waals surface area (Å²) in [6.45, 7) is 0. The fraction of sp³-hybridized carbons (Fsp3) is 0. The molecule has 0 amide bonds. The van der Waals surface area contributed by atoms with Crippen molar-refractivity contribution in [3.05, 3.63) is 117 Å². The maximum absolute atomic E-state index is 5.88. The summed E-state index contributed by atoms with van der Waals surface area (Å²) in [6.07, 6.45) is 0. The van der Waals surface area contributed by atoms with Gasteiger partial charge in [-0.3, -0.25) is 0 Å². The molecule has 0 atom stereocenters. The van der Waals surface area contributed by atoms with Crippen LogP contribution in [0.25, 0.3) is 22.3 Å². The largest absolute Gasteiger partial charge is 0.0788 e. The molecule has 0 unspecified atom stereocenters. The number of hydrogen-bond acceptors (Lipinski definition) is 1. The quantitative estimate of drug-likeness (QED) is 0.197. The van der Waals surface area contributed by atoms with E-state index in [-0.39, 0.29) is 0 Å². The van der Waals surface area contributed by atoms with E-state index in [0.717, 1.165) is 36.1 Å². The first kappa shape index (κ1) is 19.3. The zero-order valence-corrected chi connectivity index (χ0v) is 18.9. The lowest BCUT2D eigenvalue weighted by Crippen LogP contribution is -2.01. The SMILES string of the molecule is S=C(c1cc(Br)cc(-c2ccccc2)c1)c1cc(Br)cc(-c2ccccc2)c1. The zero-order valence-electron chi connectivity index (χ0n) is 14.9. The van der Waals surface area contributed by atoms with Crippen molar-refractivity contribution in [2.24, 2.45) is 0 Å². The molecule has 3 heteroatoms. The van der Waals surface area contributed by atoms with Gasteiger partial charge in [0.05, 0.1) is 4.86 Å². The van der Waals surface area contributed by atoms with Crippen LogP contribution >= 0.6 is 44.1 Å². The summed E-state index contributed by atoms with van der Waals surface area (Å²) < 4.78 is 2.04. The molecule has 0 aliphatic carbocycles. The van der Waals surface area contributed by atoms with Crippen LogP contribution in [0.1, 0.15) is 11.1 Å². The van der Waals surface area contributed by atoms with Gasteiger partial charge in [-0.25, -0.2) is 0 Å². The molecule has 0 bridgehead atoms. The van der Waals surface area contributed by atoms with Crippen LogP contribution < -0.4 is 0 Å². The molecule has 0 radical (unpaired) electrons. The highest BCUT2D eigenvalue weighted by molar-refractivity contribution is 9.10. The molecule has 4 rings (SSSR count). The van der Waals surface area contributed by atoms with E-state index >= 15 is 0 Å². The molecule has 0 saturated carbocycles. The van der Waals surface area contributed by atoms with E-state index in [0.29, 0.717) is 0 Å². The maximum Gasteiger partial charge on any atom is 0.0523 e. The maximum atomic E-state index is 5.88. The summed E-state index contributed by atoms with van der Waals surface area (Å²) in [5.74, 6) is 0. The molecule has 0 aliphatic rings. The third-order valence-electron chi connectivity index (χ3n) is 4.53. The Balaban J connectivity index is 1.76. The minimum absolute atomic E-state index is 0.831. The Labute approximate surface area is 187 Å². The molecular weight excluding hydrogens is 492 g/mol. The minimum Gasteiger partial charge on any atom is -0.0788 e. The summed E-state index contributed by atoms with van der Waals surface area (Å²) in [7, 11) is 0. The van der Waals surface area contributed by atoms with Gasteiger partial charge in [0.1, 0.15) is 0 Å². The molecule has 0 aromatic heterocycles. The highest BCUT2D eigenvalue weighted by Gasteiger charge is 2.11. The van der Waals surface area contributed by atoms with Crippen molar-refractivity contribution in [3.8, 4) is 22.3 Å². The van der Waals surface area contributed by atoms with E-state index in [4.69, 9.17) is 12.2 Å². The van der Waals surface area contributed by atoms with E-state index in [1.807, 2.05) is 12.1 Å². The molecule has 0 N–H and O–H groups in total. The number of halogens is 2. The van der Waals surface area contributed by atoms with Crippen molar-refractivity contribution in [2.45, 2.75) is 0 Å². The predicted octanol–water partition coefficient (Wildman–Crippen LogP) is 8.31. The first-order chi connectivity index (χ1) is 13.6. The van der Waals surface area contributed by atoms with Gasteiger partial charge in [0.2, 0.25) is 0 Å². The molecule has 4 aromatic carbocycles. The fourth-order valence-corrected chi connectivity index (χ4v) is 4.42. The van der Waals surface area contributed by atoms with Crippen LogP contribution in [-0.4, -0.2) is 4.86 Å². The van der Waals surface area contributed by atoms with Crippen molar-refractivity contribution in [2.75, 3.05) is 0 Å². The van der Waals surface area contributed by atoms with Gasteiger partial charge < -0.3 is 0 Å². The van der Waals surface area contributed by atoms with Crippen molar-refractivity contribution in [3.63, 3.8) is 0 Å². The molecule has 0 nitrogen and oxygen atoms in total. The van der Waals surface area contributed by atoms with Crippen LogP contribution in [-0.2, 0) is 0 Å². The van der Waals surface area contributed by atoms with Crippen LogP contribution in [0.5, 0.6) is 0 Å². The summed E-state index contributed by atoms with van der Waals surface area (Å²) >= 11 is 13.2. The van der Waals surface area contributed by atoms with E-state index in [1.54, 1.807) is 0 Å². The lowest BCUT2D eigenvalue weighted by Gasteiger charge is -2.11. The van der Waals surface area contributed by atoms with Crippen molar-refractivity contribution in [1.82, 2.24) is 0 Å². The molecule has 28 heavy (non-hydrogen) atoms. The summed E-state index contributed by atoms with van der Waals surface area (Å²) in [5.41, 5.74) is 6.69. The Morgan fingerprint density at radius 3 is 1.29 bits per heavy atom. The third kappa shape index (κ3) is 4.33. The lowest BCUT2D eigenvalue weighted by atomic mass is 9.96. The number of hydrogen-bond donors (Lipinski definition) is 0. The topological polar surface area (TPSA) is 0 Å². The average molecular weight is 508 g/mol. The van der Waals surface area contributed by atoms with E-state index in [2.05, 4.69) is 117 Å². The molecular formula is C25H16Br2S. The average Bonchev–Trinajstić information content (AvgIpc) is 2.73. The Kier molecular flexibility index (Phi) is 5.86. The standard InChI is InChI=1S/C25H16Br2S/c26-23-13-19(17-7-3-1-4-8-17)11-21(15-23)25(28)22-12-20(14-24(27)16-22)18-9-5-2-6-10-18/h1-16H. The fourth-order valence-electron chi connectivity index (χ4n) is 3.20. The molecule has 4 aromatic rings. The summed E-state index contributed by atoms with van der Waals surface area (Å²) in [6, 6.07) is 33.4. The minimum atomic E-state index is 0.831. The van der Waals surface area contributed by atoms with Crippen LogP contribution in [0.2, 0.25) is 0 Å². The number of benzene rings is 4. The highest BCUT2D eigenvalue weighted by atomic mass is 79.9. The zero-order chi connectivity index (χ0) is 19.5. The monoisotopic (exact) mass is 506 g/mol. The Hall–Kier alpha value is -2.07. The number of thiocarbonyl (C=S) groups is 1. The van der Waals surface area contributed by atoms with E-state index < -0.39 is 0 Å². The van der Waals surface area contributed by atoms with Crippen LogP contribution in [0, 0.1) is 0 Å². The molecule has 136 valence electrons. The Bertz CT molecular complexity index is 1040. The van der Waals surface area contributed by atoms with Gasteiger partial charge in [0.15, 0.2) is 0 Å². The van der Waals surface area contributed by atoms with Gasteiger partial charge in [-0.05, 0) is 69.8 Å². The van der Waals surface area contributed by atoms with Gasteiger partial charge in [-0.2, -0.15) is 0 Å².